The monoisotopic (exact) mass is 275 g/mol. The van der Waals surface area contributed by atoms with Gasteiger partial charge in [0.15, 0.2) is 0 Å². The van der Waals surface area contributed by atoms with Crippen LogP contribution in [0.1, 0.15) is 25.8 Å². The first kappa shape index (κ1) is 14.4. The number of nitrogens with two attached hydrogens (primary N) is 1. The highest BCUT2D eigenvalue weighted by Gasteiger charge is 2.28. The van der Waals surface area contributed by atoms with Crippen LogP contribution >= 0.6 is 0 Å². The van der Waals surface area contributed by atoms with Crippen molar-refractivity contribution in [3.05, 3.63) is 29.8 Å². The lowest BCUT2D eigenvalue weighted by Crippen LogP contribution is -2.47. The molecule has 1 aromatic carbocycles. The molecular formula is C15H21N3O2. The zero-order valence-electron chi connectivity index (χ0n) is 11.9. The summed E-state index contributed by atoms with van der Waals surface area (Å²) in [6.45, 7) is 3.69. The maximum Gasteiger partial charge on any atom is 0.242 e. The highest BCUT2D eigenvalue weighted by molar-refractivity contribution is 5.87. The number of anilines is 1. The molecule has 1 atom stereocenters. The summed E-state index contributed by atoms with van der Waals surface area (Å²) in [6, 6.07) is 7.72. The van der Waals surface area contributed by atoms with Crippen LogP contribution < -0.4 is 16.4 Å². The fourth-order valence-electron chi connectivity index (χ4n) is 2.15. The SMILES string of the molecule is CC(C)(CNC(=O)C1CCc2ccccc2N1)C(N)=O. The van der Waals surface area contributed by atoms with Crippen molar-refractivity contribution in [2.75, 3.05) is 11.9 Å². The van der Waals surface area contributed by atoms with Gasteiger partial charge in [-0.05, 0) is 38.3 Å². The number of aryl methyl sites for hydroxylation is 1. The number of hydrogen-bond donors (Lipinski definition) is 3. The molecule has 0 spiro atoms. The van der Waals surface area contributed by atoms with Gasteiger partial charge in [-0.1, -0.05) is 18.2 Å². The lowest BCUT2D eigenvalue weighted by atomic mass is 9.92. The Kier molecular flexibility index (Phi) is 3.97. The molecule has 2 amide bonds. The summed E-state index contributed by atoms with van der Waals surface area (Å²) < 4.78 is 0. The van der Waals surface area contributed by atoms with Crippen molar-refractivity contribution in [1.29, 1.82) is 0 Å². The van der Waals surface area contributed by atoms with Crippen LogP contribution in [0.2, 0.25) is 0 Å². The van der Waals surface area contributed by atoms with Crippen LogP contribution in [-0.2, 0) is 16.0 Å². The molecule has 1 unspecified atom stereocenters. The number of rotatable bonds is 4. The molecule has 1 heterocycles. The van der Waals surface area contributed by atoms with E-state index >= 15 is 0 Å². The Morgan fingerprint density at radius 2 is 2.10 bits per heavy atom. The van der Waals surface area contributed by atoms with Gasteiger partial charge >= 0.3 is 0 Å². The van der Waals surface area contributed by atoms with Crippen LogP contribution in [0.3, 0.4) is 0 Å². The second kappa shape index (κ2) is 5.53. The van der Waals surface area contributed by atoms with Gasteiger partial charge in [-0.3, -0.25) is 9.59 Å². The second-order valence-corrected chi connectivity index (χ2v) is 5.86. The number of para-hydroxylation sites is 1. The van der Waals surface area contributed by atoms with Crippen LogP contribution in [0.15, 0.2) is 24.3 Å². The molecule has 4 N–H and O–H groups in total. The number of amides is 2. The average molecular weight is 275 g/mol. The fourth-order valence-corrected chi connectivity index (χ4v) is 2.15. The molecule has 0 aromatic heterocycles. The number of hydrogen-bond acceptors (Lipinski definition) is 3. The third-order valence-corrected chi connectivity index (χ3v) is 3.74. The van der Waals surface area contributed by atoms with E-state index in [0.717, 1.165) is 18.5 Å². The molecular weight excluding hydrogens is 254 g/mol. The quantitative estimate of drug-likeness (QED) is 0.767. The predicted octanol–water partition coefficient (Wildman–Crippen LogP) is 1.04. The third-order valence-electron chi connectivity index (χ3n) is 3.74. The van der Waals surface area contributed by atoms with Gasteiger partial charge < -0.3 is 16.4 Å². The van der Waals surface area contributed by atoms with Gasteiger partial charge in [0, 0.05) is 12.2 Å². The Balaban J connectivity index is 1.94. The highest BCUT2D eigenvalue weighted by Crippen LogP contribution is 2.24. The maximum atomic E-state index is 12.2. The first-order valence-corrected chi connectivity index (χ1v) is 6.82. The molecule has 2 rings (SSSR count). The second-order valence-electron chi connectivity index (χ2n) is 5.86. The average Bonchev–Trinajstić information content (AvgIpc) is 2.44. The van der Waals surface area contributed by atoms with Gasteiger partial charge in [-0.15, -0.1) is 0 Å². The molecule has 0 aliphatic carbocycles. The van der Waals surface area contributed by atoms with E-state index in [9.17, 15) is 9.59 Å². The molecule has 1 aliphatic rings. The fraction of sp³-hybridized carbons (Fsp3) is 0.467. The van der Waals surface area contributed by atoms with Crippen molar-refractivity contribution >= 4 is 17.5 Å². The molecule has 0 saturated carbocycles. The van der Waals surface area contributed by atoms with Crippen molar-refractivity contribution in [3.8, 4) is 0 Å². The molecule has 0 bridgehead atoms. The smallest absolute Gasteiger partial charge is 0.242 e. The van der Waals surface area contributed by atoms with Gasteiger partial charge in [0.2, 0.25) is 11.8 Å². The number of carbonyl (C=O) groups is 2. The van der Waals surface area contributed by atoms with E-state index in [1.165, 1.54) is 5.56 Å². The molecule has 5 nitrogen and oxygen atoms in total. The summed E-state index contributed by atoms with van der Waals surface area (Å²) in [5, 5.41) is 6.04. The van der Waals surface area contributed by atoms with E-state index in [1.54, 1.807) is 13.8 Å². The summed E-state index contributed by atoms with van der Waals surface area (Å²) in [4.78, 5) is 23.4. The van der Waals surface area contributed by atoms with Crippen molar-refractivity contribution in [1.82, 2.24) is 5.32 Å². The normalized spacial score (nSPS) is 17.8. The van der Waals surface area contributed by atoms with Crippen molar-refractivity contribution in [2.45, 2.75) is 32.7 Å². The molecule has 20 heavy (non-hydrogen) atoms. The minimum absolute atomic E-state index is 0.0890. The van der Waals surface area contributed by atoms with E-state index in [2.05, 4.69) is 16.7 Å². The molecule has 0 saturated heterocycles. The van der Waals surface area contributed by atoms with Crippen molar-refractivity contribution in [3.63, 3.8) is 0 Å². The van der Waals surface area contributed by atoms with E-state index in [0.29, 0.717) is 0 Å². The third kappa shape index (κ3) is 3.10. The first-order chi connectivity index (χ1) is 9.40. The van der Waals surface area contributed by atoms with Crippen molar-refractivity contribution in [2.24, 2.45) is 11.1 Å². The molecule has 0 radical (unpaired) electrons. The van der Waals surface area contributed by atoms with Gasteiger partial charge in [0.05, 0.1) is 5.41 Å². The Morgan fingerprint density at radius 1 is 1.40 bits per heavy atom. The Bertz CT molecular complexity index is 526. The van der Waals surface area contributed by atoms with Crippen LogP contribution in [-0.4, -0.2) is 24.4 Å². The predicted molar refractivity (Wildman–Crippen MR) is 78.2 cm³/mol. The van der Waals surface area contributed by atoms with Gasteiger partial charge in [-0.25, -0.2) is 0 Å². The van der Waals surface area contributed by atoms with Crippen LogP contribution in [0.5, 0.6) is 0 Å². The molecule has 0 fully saturated rings. The highest BCUT2D eigenvalue weighted by atomic mass is 16.2. The number of fused-ring (bicyclic) bond motifs is 1. The van der Waals surface area contributed by atoms with Gasteiger partial charge in [-0.2, -0.15) is 0 Å². The number of benzene rings is 1. The molecule has 5 heteroatoms. The number of primary amides is 1. The largest absolute Gasteiger partial charge is 0.373 e. The summed E-state index contributed by atoms with van der Waals surface area (Å²) in [5.74, 6) is -0.506. The summed E-state index contributed by atoms with van der Waals surface area (Å²) in [7, 11) is 0. The van der Waals surface area contributed by atoms with E-state index in [4.69, 9.17) is 5.73 Å². The van der Waals surface area contributed by atoms with Gasteiger partial charge in [0.25, 0.3) is 0 Å². The minimum atomic E-state index is -0.734. The summed E-state index contributed by atoms with van der Waals surface area (Å²) in [5.41, 5.74) is 6.80. The van der Waals surface area contributed by atoms with Crippen LogP contribution in [0.4, 0.5) is 5.69 Å². The zero-order chi connectivity index (χ0) is 14.8. The van der Waals surface area contributed by atoms with E-state index < -0.39 is 11.3 Å². The summed E-state index contributed by atoms with van der Waals surface area (Å²) >= 11 is 0. The Morgan fingerprint density at radius 3 is 2.80 bits per heavy atom. The zero-order valence-corrected chi connectivity index (χ0v) is 11.9. The standard InChI is InChI=1S/C15H21N3O2/c1-15(2,14(16)20)9-17-13(19)12-8-7-10-5-3-4-6-11(10)18-12/h3-6,12,18H,7-9H2,1-2H3,(H2,16,20)(H,17,19). The molecule has 1 aliphatic heterocycles. The first-order valence-electron chi connectivity index (χ1n) is 6.82. The Labute approximate surface area is 118 Å². The lowest BCUT2D eigenvalue weighted by molar-refractivity contribution is -0.127. The lowest BCUT2D eigenvalue weighted by Gasteiger charge is -2.28. The number of carbonyl (C=O) groups excluding carboxylic acids is 2. The van der Waals surface area contributed by atoms with E-state index in [1.807, 2.05) is 18.2 Å². The summed E-state index contributed by atoms with van der Waals surface area (Å²) in [6.07, 6.45) is 1.63. The van der Waals surface area contributed by atoms with Crippen molar-refractivity contribution < 1.29 is 9.59 Å². The topological polar surface area (TPSA) is 84.2 Å². The molecule has 1 aromatic rings. The van der Waals surface area contributed by atoms with Crippen LogP contribution in [0, 0.1) is 5.41 Å². The Hall–Kier alpha value is -2.04. The maximum absolute atomic E-state index is 12.2. The molecule has 108 valence electrons. The van der Waals surface area contributed by atoms with Crippen LogP contribution in [0.25, 0.3) is 0 Å². The van der Waals surface area contributed by atoms with Gasteiger partial charge in [0.1, 0.15) is 6.04 Å². The van der Waals surface area contributed by atoms with E-state index in [-0.39, 0.29) is 18.5 Å². The number of nitrogens with one attached hydrogen (secondary N) is 2. The minimum Gasteiger partial charge on any atom is -0.373 e.